The highest BCUT2D eigenvalue weighted by Gasteiger charge is 2.41. The number of rotatable bonds is 9. The summed E-state index contributed by atoms with van der Waals surface area (Å²) < 4.78 is 10.3. The third kappa shape index (κ3) is 7.00. The van der Waals surface area contributed by atoms with Crippen LogP contribution in [0.15, 0.2) is 84.9 Å². The first-order valence-electron chi connectivity index (χ1n) is 10.7. The van der Waals surface area contributed by atoms with Crippen molar-refractivity contribution in [3.8, 4) is 0 Å². The number of hydrogen-bond acceptors (Lipinski definition) is 7. The maximum absolute atomic E-state index is 13.1. The molecule has 10 heteroatoms. The molecule has 36 heavy (non-hydrogen) atoms. The standard InChI is InChI=1S/C26H22N2O8/c1-16(29)27-19-12-14-20(15-13-19)28-23(30)21(35-25(33)17-8-4-2-5-9-17)22(24(31)32)36-26(34)18-10-6-3-7-11-18/h2-15,21-22H,1H3,(H,27,29)(H,28,30)(H,31,32)/t21-,22+/m0/s1. The second-order valence-corrected chi connectivity index (χ2v) is 7.47. The largest absolute Gasteiger partial charge is 0.478 e. The Bertz CT molecular complexity index is 1240. The molecule has 0 saturated heterocycles. The number of hydrogen-bond donors (Lipinski definition) is 3. The van der Waals surface area contributed by atoms with Crippen molar-refractivity contribution in [2.24, 2.45) is 0 Å². The second kappa shape index (κ2) is 11.9. The van der Waals surface area contributed by atoms with E-state index in [-0.39, 0.29) is 22.7 Å². The summed E-state index contributed by atoms with van der Waals surface area (Å²) in [7, 11) is 0. The third-order valence-electron chi connectivity index (χ3n) is 4.74. The highest BCUT2D eigenvalue weighted by Crippen LogP contribution is 2.18. The topological polar surface area (TPSA) is 148 Å². The Hall–Kier alpha value is -4.99. The number of anilines is 2. The molecule has 3 aromatic carbocycles. The normalized spacial score (nSPS) is 11.9. The van der Waals surface area contributed by atoms with E-state index in [1.807, 2.05) is 0 Å². The van der Waals surface area contributed by atoms with Crippen LogP contribution in [0.4, 0.5) is 11.4 Å². The van der Waals surface area contributed by atoms with E-state index in [0.29, 0.717) is 5.69 Å². The summed E-state index contributed by atoms with van der Waals surface area (Å²) in [4.78, 5) is 61.5. The molecule has 2 atom stereocenters. The van der Waals surface area contributed by atoms with E-state index in [1.54, 1.807) is 36.4 Å². The van der Waals surface area contributed by atoms with Crippen molar-refractivity contribution in [3.05, 3.63) is 96.1 Å². The zero-order valence-electron chi connectivity index (χ0n) is 19.0. The van der Waals surface area contributed by atoms with Crippen molar-refractivity contribution in [3.63, 3.8) is 0 Å². The first kappa shape index (κ1) is 25.6. The fraction of sp³-hybridized carbons (Fsp3) is 0.115. The van der Waals surface area contributed by atoms with Crippen LogP contribution < -0.4 is 10.6 Å². The molecule has 0 heterocycles. The molecule has 10 nitrogen and oxygen atoms in total. The molecule has 0 saturated carbocycles. The Morgan fingerprint density at radius 2 is 1.06 bits per heavy atom. The fourth-order valence-corrected chi connectivity index (χ4v) is 3.06. The molecule has 2 amide bonds. The van der Waals surface area contributed by atoms with E-state index >= 15 is 0 Å². The predicted octanol–water partition coefficient (Wildman–Crippen LogP) is 3.12. The SMILES string of the molecule is CC(=O)Nc1ccc(NC(=O)[C@@H](OC(=O)c2ccccc2)[C@@H](OC(=O)c2ccccc2)C(=O)O)cc1. The van der Waals surface area contributed by atoms with Crippen LogP contribution >= 0.6 is 0 Å². The number of ether oxygens (including phenoxy) is 2. The van der Waals surface area contributed by atoms with Gasteiger partial charge in [-0.15, -0.1) is 0 Å². The van der Waals surface area contributed by atoms with E-state index < -0.39 is 36.0 Å². The van der Waals surface area contributed by atoms with E-state index in [2.05, 4.69) is 10.6 Å². The Morgan fingerprint density at radius 3 is 1.47 bits per heavy atom. The molecule has 3 aromatic rings. The molecule has 0 spiro atoms. The minimum absolute atomic E-state index is 0.0471. The number of carboxylic acid groups (broad SMARTS) is 1. The first-order chi connectivity index (χ1) is 17.2. The van der Waals surface area contributed by atoms with Crippen molar-refractivity contribution in [1.82, 2.24) is 0 Å². The zero-order chi connectivity index (χ0) is 26.1. The van der Waals surface area contributed by atoms with Crippen molar-refractivity contribution in [2.45, 2.75) is 19.1 Å². The molecule has 0 fully saturated rings. The van der Waals surface area contributed by atoms with Crippen LogP contribution in [0, 0.1) is 0 Å². The van der Waals surface area contributed by atoms with Gasteiger partial charge in [-0.25, -0.2) is 14.4 Å². The first-order valence-corrected chi connectivity index (χ1v) is 10.7. The smallest absolute Gasteiger partial charge is 0.349 e. The lowest BCUT2D eigenvalue weighted by molar-refractivity contribution is -0.157. The maximum Gasteiger partial charge on any atom is 0.349 e. The Kier molecular flexibility index (Phi) is 8.49. The number of carboxylic acids is 1. The van der Waals surface area contributed by atoms with Crippen LogP contribution in [-0.2, 0) is 23.9 Å². The van der Waals surface area contributed by atoms with E-state index in [4.69, 9.17) is 9.47 Å². The minimum Gasteiger partial charge on any atom is -0.478 e. The van der Waals surface area contributed by atoms with Crippen LogP contribution in [0.25, 0.3) is 0 Å². The van der Waals surface area contributed by atoms with E-state index in [1.165, 1.54) is 55.5 Å². The minimum atomic E-state index is -2.15. The molecule has 0 aliphatic carbocycles. The highest BCUT2D eigenvalue weighted by atomic mass is 16.6. The molecule has 3 N–H and O–H groups in total. The zero-order valence-corrected chi connectivity index (χ0v) is 19.0. The molecule has 0 aromatic heterocycles. The van der Waals surface area contributed by atoms with Gasteiger partial charge in [0.1, 0.15) is 0 Å². The van der Waals surface area contributed by atoms with Gasteiger partial charge in [0, 0.05) is 18.3 Å². The monoisotopic (exact) mass is 490 g/mol. The molecule has 0 radical (unpaired) electrons. The lowest BCUT2D eigenvalue weighted by atomic mass is 10.1. The molecule has 3 rings (SSSR count). The van der Waals surface area contributed by atoms with Crippen molar-refractivity contribution in [1.29, 1.82) is 0 Å². The summed E-state index contributed by atoms with van der Waals surface area (Å²) >= 11 is 0. The van der Waals surface area contributed by atoms with Gasteiger partial charge in [0.25, 0.3) is 5.91 Å². The number of esters is 2. The molecule has 0 unspecified atom stereocenters. The van der Waals surface area contributed by atoms with Crippen LogP contribution in [0.2, 0.25) is 0 Å². The van der Waals surface area contributed by atoms with Gasteiger partial charge in [0.05, 0.1) is 11.1 Å². The number of carbonyl (C=O) groups is 5. The lowest BCUT2D eigenvalue weighted by Crippen LogP contribution is -2.48. The van der Waals surface area contributed by atoms with Crippen molar-refractivity contribution < 1.29 is 38.6 Å². The van der Waals surface area contributed by atoms with Gasteiger partial charge in [-0.2, -0.15) is 0 Å². The summed E-state index contributed by atoms with van der Waals surface area (Å²) in [6, 6.07) is 21.1. The molecular weight excluding hydrogens is 468 g/mol. The number of amides is 2. The highest BCUT2D eigenvalue weighted by molar-refractivity contribution is 6.01. The third-order valence-corrected chi connectivity index (χ3v) is 4.74. The number of carbonyl (C=O) groups excluding carboxylic acids is 4. The van der Waals surface area contributed by atoms with Gasteiger partial charge in [-0.3, -0.25) is 9.59 Å². The molecular formula is C26H22N2O8. The number of aliphatic carboxylic acids is 1. The molecule has 0 aliphatic heterocycles. The van der Waals surface area contributed by atoms with Crippen LogP contribution in [0.1, 0.15) is 27.6 Å². The van der Waals surface area contributed by atoms with Gasteiger partial charge < -0.3 is 25.2 Å². The summed E-state index contributed by atoms with van der Waals surface area (Å²) in [5, 5.41) is 14.8. The molecule has 0 aliphatic rings. The van der Waals surface area contributed by atoms with E-state index in [0.717, 1.165) is 0 Å². The van der Waals surface area contributed by atoms with Gasteiger partial charge >= 0.3 is 17.9 Å². The van der Waals surface area contributed by atoms with Gasteiger partial charge in [-0.05, 0) is 48.5 Å². The van der Waals surface area contributed by atoms with Gasteiger partial charge in [0.2, 0.25) is 18.1 Å². The number of nitrogens with one attached hydrogen (secondary N) is 2. The maximum atomic E-state index is 13.1. The summed E-state index contributed by atoms with van der Waals surface area (Å²) in [5.74, 6) is -5.03. The predicted molar refractivity (Wildman–Crippen MR) is 128 cm³/mol. The Labute approximate surface area is 205 Å². The quantitative estimate of drug-likeness (QED) is 0.388. The average Bonchev–Trinajstić information content (AvgIpc) is 2.87. The lowest BCUT2D eigenvalue weighted by Gasteiger charge is -2.23. The molecule has 184 valence electrons. The van der Waals surface area contributed by atoms with Gasteiger partial charge in [-0.1, -0.05) is 36.4 Å². The summed E-state index contributed by atoms with van der Waals surface area (Å²) in [6.45, 7) is 1.34. The van der Waals surface area contributed by atoms with Crippen LogP contribution in [-0.4, -0.2) is 47.0 Å². The Morgan fingerprint density at radius 1 is 0.639 bits per heavy atom. The van der Waals surface area contributed by atoms with E-state index in [9.17, 15) is 29.1 Å². The van der Waals surface area contributed by atoms with Crippen molar-refractivity contribution in [2.75, 3.05) is 10.6 Å². The number of benzene rings is 3. The second-order valence-electron chi connectivity index (χ2n) is 7.47. The average molecular weight is 490 g/mol. The Balaban J connectivity index is 1.86. The van der Waals surface area contributed by atoms with Crippen LogP contribution in [0.3, 0.4) is 0 Å². The summed E-state index contributed by atoms with van der Waals surface area (Å²) in [5.41, 5.74) is 0.792. The molecule has 0 bridgehead atoms. The van der Waals surface area contributed by atoms with Crippen LogP contribution in [0.5, 0.6) is 0 Å². The van der Waals surface area contributed by atoms with Gasteiger partial charge in [0.15, 0.2) is 0 Å². The summed E-state index contributed by atoms with van der Waals surface area (Å²) in [6.07, 6.45) is -4.18. The fourth-order valence-electron chi connectivity index (χ4n) is 3.06. The van der Waals surface area contributed by atoms with Crippen molar-refractivity contribution >= 4 is 41.1 Å².